The maximum absolute atomic E-state index is 14.9. The molecule has 0 radical (unpaired) electrons. The predicted molar refractivity (Wildman–Crippen MR) is 133 cm³/mol. The van der Waals surface area contributed by atoms with Crippen LogP contribution in [-0.4, -0.2) is 32.9 Å². The zero-order valence-corrected chi connectivity index (χ0v) is 19.3. The molecular formula is C27H23FN4O4. The number of nitrogens with zero attached hydrogens (tertiary/aromatic N) is 2. The first-order valence-corrected chi connectivity index (χ1v) is 11.1. The number of nitrogens with one attached hydrogen (secondary N) is 2. The van der Waals surface area contributed by atoms with Crippen molar-refractivity contribution in [1.82, 2.24) is 15.1 Å². The minimum atomic E-state index is -1.37. The van der Waals surface area contributed by atoms with E-state index in [2.05, 4.69) is 15.7 Å². The Labute approximate surface area is 206 Å². The zero-order valence-electron chi connectivity index (χ0n) is 19.3. The molecular weight excluding hydrogens is 463 g/mol. The van der Waals surface area contributed by atoms with Crippen molar-refractivity contribution in [2.75, 3.05) is 5.32 Å². The zero-order chi connectivity index (χ0) is 25.7. The molecule has 182 valence electrons. The standard InChI is InChI=1S/C27H23FN4O4/c1-32-23(33)15-14-22(31-32)20-13-12-19(16-21(20)28)29-26(34)25(30-27(35)36)24(17-8-4-2-5-9-17)18-10-6-3-7-11-18/h2-16,24-25,30H,1H3,(H,29,34)(H,35,36)/t25-/m0/s1. The average molecular weight is 487 g/mol. The van der Waals surface area contributed by atoms with Gasteiger partial charge in [-0.25, -0.2) is 13.9 Å². The number of amides is 2. The molecule has 4 aromatic rings. The smallest absolute Gasteiger partial charge is 0.405 e. The van der Waals surface area contributed by atoms with Gasteiger partial charge in [0.05, 0.1) is 5.69 Å². The molecule has 9 heteroatoms. The number of halogens is 1. The fourth-order valence-corrected chi connectivity index (χ4v) is 4.00. The van der Waals surface area contributed by atoms with Gasteiger partial charge in [0.15, 0.2) is 0 Å². The first kappa shape index (κ1) is 24.3. The average Bonchev–Trinajstić information content (AvgIpc) is 2.86. The molecule has 0 aliphatic carbocycles. The Bertz CT molecular complexity index is 1400. The lowest BCUT2D eigenvalue weighted by atomic mass is 9.84. The van der Waals surface area contributed by atoms with Crippen LogP contribution in [0.2, 0.25) is 0 Å². The summed E-state index contributed by atoms with van der Waals surface area (Å²) in [5.41, 5.74) is 1.69. The highest BCUT2D eigenvalue weighted by atomic mass is 19.1. The Kier molecular flexibility index (Phi) is 7.20. The second-order valence-corrected chi connectivity index (χ2v) is 8.09. The van der Waals surface area contributed by atoms with E-state index in [9.17, 15) is 23.9 Å². The summed E-state index contributed by atoms with van der Waals surface area (Å²) in [5, 5.41) is 18.5. The second-order valence-electron chi connectivity index (χ2n) is 8.09. The van der Waals surface area contributed by atoms with E-state index in [4.69, 9.17) is 0 Å². The number of carbonyl (C=O) groups excluding carboxylic acids is 1. The molecule has 8 nitrogen and oxygen atoms in total. The fraction of sp³-hybridized carbons (Fsp3) is 0.111. The molecule has 3 N–H and O–H groups in total. The molecule has 0 aliphatic heterocycles. The Morgan fingerprint density at radius 3 is 2.06 bits per heavy atom. The van der Waals surface area contributed by atoms with Crippen LogP contribution in [0, 0.1) is 5.82 Å². The number of carboxylic acid groups (broad SMARTS) is 1. The molecule has 0 aliphatic rings. The Morgan fingerprint density at radius 1 is 0.917 bits per heavy atom. The van der Waals surface area contributed by atoms with Crippen LogP contribution in [0.4, 0.5) is 14.9 Å². The molecule has 0 fully saturated rings. The summed E-state index contributed by atoms with van der Waals surface area (Å²) in [6.45, 7) is 0. The summed E-state index contributed by atoms with van der Waals surface area (Å²) < 4.78 is 16.0. The van der Waals surface area contributed by atoms with Gasteiger partial charge >= 0.3 is 6.09 Å². The molecule has 0 saturated heterocycles. The van der Waals surface area contributed by atoms with Gasteiger partial charge in [0.1, 0.15) is 11.9 Å². The van der Waals surface area contributed by atoms with Crippen LogP contribution in [-0.2, 0) is 11.8 Å². The van der Waals surface area contributed by atoms with E-state index in [1.54, 1.807) is 0 Å². The van der Waals surface area contributed by atoms with E-state index < -0.39 is 29.8 Å². The molecule has 3 aromatic carbocycles. The van der Waals surface area contributed by atoms with Crippen molar-refractivity contribution in [3.8, 4) is 11.3 Å². The van der Waals surface area contributed by atoms with Crippen molar-refractivity contribution >= 4 is 17.7 Å². The van der Waals surface area contributed by atoms with E-state index in [1.165, 1.54) is 31.3 Å². The van der Waals surface area contributed by atoms with E-state index in [-0.39, 0.29) is 22.5 Å². The highest BCUT2D eigenvalue weighted by molar-refractivity contribution is 5.97. The lowest BCUT2D eigenvalue weighted by Gasteiger charge is -2.27. The molecule has 1 atom stereocenters. The summed E-state index contributed by atoms with van der Waals surface area (Å²) in [7, 11) is 1.46. The molecule has 0 spiro atoms. The van der Waals surface area contributed by atoms with E-state index in [0.717, 1.165) is 21.9 Å². The van der Waals surface area contributed by atoms with Crippen molar-refractivity contribution in [3.05, 3.63) is 118 Å². The largest absolute Gasteiger partial charge is 0.465 e. The number of hydrogen-bond donors (Lipinski definition) is 3. The number of rotatable bonds is 7. The van der Waals surface area contributed by atoms with Crippen molar-refractivity contribution < 1.29 is 19.1 Å². The summed E-state index contributed by atoms with van der Waals surface area (Å²) >= 11 is 0. The highest BCUT2D eigenvalue weighted by Crippen LogP contribution is 2.30. The van der Waals surface area contributed by atoms with Crippen molar-refractivity contribution in [2.45, 2.75) is 12.0 Å². The van der Waals surface area contributed by atoms with Crippen molar-refractivity contribution in [1.29, 1.82) is 0 Å². The number of hydrogen-bond acceptors (Lipinski definition) is 4. The molecule has 0 bridgehead atoms. The third kappa shape index (κ3) is 5.47. The number of benzene rings is 3. The van der Waals surface area contributed by atoms with Crippen LogP contribution in [0.25, 0.3) is 11.3 Å². The summed E-state index contributed by atoms with van der Waals surface area (Å²) in [4.78, 5) is 36.6. The minimum absolute atomic E-state index is 0.142. The summed E-state index contributed by atoms with van der Waals surface area (Å²) in [6.07, 6.45) is -1.37. The molecule has 2 amide bonds. The monoisotopic (exact) mass is 486 g/mol. The van der Waals surface area contributed by atoms with Gasteiger partial charge in [-0.2, -0.15) is 5.10 Å². The number of aromatic nitrogens is 2. The topological polar surface area (TPSA) is 113 Å². The number of aryl methyl sites for hydroxylation is 1. The van der Waals surface area contributed by atoms with Gasteiger partial charge in [-0.1, -0.05) is 60.7 Å². The number of carbonyl (C=O) groups is 2. The fourth-order valence-electron chi connectivity index (χ4n) is 4.00. The SMILES string of the molecule is Cn1nc(-c2ccc(NC(=O)[C@@H](NC(=O)O)C(c3ccccc3)c3ccccc3)cc2F)ccc1=O. The van der Waals surface area contributed by atoms with Crippen LogP contribution in [0.1, 0.15) is 17.0 Å². The van der Waals surface area contributed by atoms with Gasteiger partial charge < -0.3 is 15.7 Å². The Morgan fingerprint density at radius 2 is 1.53 bits per heavy atom. The molecule has 4 rings (SSSR count). The summed E-state index contributed by atoms with van der Waals surface area (Å²) in [5.74, 6) is -1.95. The lowest BCUT2D eigenvalue weighted by molar-refractivity contribution is -0.118. The van der Waals surface area contributed by atoms with Gasteiger partial charge in [0.25, 0.3) is 5.56 Å². The predicted octanol–water partition coefficient (Wildman–Crippen LogP) is 3.99. The first-order valence-electron chi connectivity index (χ1n) is 11.1. The van der Waals surface area contributed by atoms with E-state index >= 15 is 0 Å². The van der Waals surface area contributed by atoms with Crippen LogP contribution < -0.4 is 16.2 Å². The molecule has 0 unspecified atom stereocenters. The maximum Gasteiger partial charge on any atom is 0.405 e. The minimum Gasteiger partial charge on any atom is -0.465 e. The van der Waals surface area contributed by atoms with E-state index in [1.807, 2.05) is 60.7 Å². The summed E-state index contributed by atoms with van der Waals surface area (Å²) in [6, 6.07) is 23.7. The molecule has 36 heavy (non-hydrogen) atoms. The van der Waals surface area contributed by atoms with Crippen LogP contribution in [0.15, 0.2) is 95.8 Å². The number of anilines is 1. The molecule has 1 aromatic heterocycles. The van der Waals surface area contributed by atoms with Gasteiger partial charge in [0, 0.05) is 30.3 Å². The quantitative estimate of drug-likeness (QED) is 0.366. The lowest BCUT2D eigenvalue weighted by Crippen LogP contribution is -2.47. The van der Waals surface area contributed by atoms with Gasteiger partial charge in [0.2, 0.25) is 5.91 Å². The highest BCUT2D eigenvalue weighted by Gasteiger charge is 2.32. The van der Waals surface area contributed by atoms with Crippen LogP contribution in [0.3, 0.4) is 0 Å². The normalized spacial score (nSPS) is 11.6. The molecule has 1 heterocycles. The van der Waals surface area contributed by atoms with Gasteiger partial charge in [-0.15, -0.1) is 0 Å². The maximum atomic E-state index is 14.9. The van der Waals surface area contributed by atoms with Crippen LogP contribution >= 0.6 is 0 Å². The van der Waals surface area contributed by atoms with Crippen molar-refractivity contribution in [3.63, 3.8) is 0 Å². The van der Waals surface area contributed by atoms with Crippen LogP contribution in [0.5, 0.6) is 0 Å². The van der Waals surface area contributed by atoms with Crippen molar-refractivity contribution in [2.24, 2.45) is 7.05 Å². The third-order valence-corrected chi connectivity index (χ3v) is 5.69. The third-order valence-electron chi connectivity index (χ3n) is 5.69. The Hall–Kier alpha value is -4.79. The Balaban J connectivity index is 1.66. The van der Waals surface area contributed by atoms with E-state index in [0.29, 0.717) is 0 Å². The first-order chi connectivity index (χ1) is 17.3. The molecule has 0 saturated carbocycles. The van der Waals surface area contributed by atoms with Gasteiger partial charge in [-0.05, 0) is 35.4 Å². The van der Waals surface area contributed by atoms with Gasteiger partial charge in [-0.3, -0.25) is 9.59 Å². The second kappa shape index (κ2) is 10.6.